The topological polar surface area (TPSA) is 113 Å². The Labute approximate surface area is 162 Å². The molecule has 2 aromatic rings. The molecule has 2 aromatic carbocycles. The highest BCUT2D eigenvalue weighted by atomic mass is 16.6. The monoisotopic (exact) mass is 382 g/mol. The van der Waals surface area contributed by atoms with Crippen LogP contribution in [0, 0.1) is 10.1 Å². The number of nitrogens with one attached hydrogen (secondary N) is 3. The third-order valence-electron chi connectivity index (χ3n) is 3.49. The summed E-state index contributed by atoms with van der Waals surface area (Å²) in [6.45, 7) is 5.61. The number of nitro groups is 1. The molecule has 146 valence electrons. The number of rotatable bonds is 6. The van der Waals surface area contributed by atoms with Crippen LogP contribution in [0.4, 0.5) is 5.69 Å². The summed E-state index contributed by atoms with van der Waals surface area (Å²) in [5, 5.41) is 13.4. The minimum absolute atomic E-state index is 0.000504. The zero-order valence-corrected chi connectivity index (χ0v) is 15.9. The molecule has 2 rings (SSSR count). The van der Waals surface area contributed by atoms with E-state index in [-0.39, 0.29) is 16.9 Å². The SMILES string of the molecule is CC(C)(C)NNC(=O)C(=Cc1ccc([N+](=O)[O-])cc1)NC(=O)c1ccccc1. The van der Waals surface area contributed by atoms with Crippen LogP contribution in [0.3, 0.4) is 0 Å². The predicted molar refractivity (Wildman–Crippen MR) is 106 cm³/mol. The summed E-state index contributed by atoms with van der Waals surface area (Å²) in [6.07, 6.45) is 1.45. The van der Waals surface area contributed by atoms with Gasteiger partial charge in [-0.1, -0.05) is 18.2 Å². The summed E-state index contributed by atoms with van der Waals surface area (Å²) in [5.74, 6) is -0.989. The Bertz CT molecular complexity index is 885. The van der Waals surface area contributed by atoms with E-state index in [1.165, 1.54) is 30.3 Å². The van der Waals surface area contributed by atoms with Crippen molar-refractivity contribution in [1.29, 1.82) is 0 Å². The van der Waals surface area contributed by atoms with Crippen LogP contribution in [0.5, 0.6) is 0 Å². The summed E-state index contributed by atoms with van der Waals surface area (Å²) < 4.78 is 0. The quantitative estimate of drug-likeness (QED) is 0.404. The lowest BCUT2D eigenvalue weighted by molar-refractivity contribution is -0.384. The van der Waals surface area contributed by atoms with E-state index in [9.17, 15) is 19.7 Å². The standard InChI is InChI=1S/C20H22N4O4/c1-20(2,3)23-22-19(26)17(21-18(25)15-7-5-4-6-8-15)13-14-9-11-16(12-10-14)24(27)28/h4-13,23H,1-3H3,(H,21,25)(H,22,26). The molecule has 0 fully saturated rings. The second-order valence-corrected chi connectivity index (χ2v) is 7.06. The molecule has 8 nitrogen and oxygen atoms in total. The summed E-state index contributed by atoms with van der Waals surface area (Å²) in [7, 11) is 0. The molecule has 0 atom stereocenters. The fraction of sp³-hybridized carbons (Fsp3) is 0.200. The Kier molecular flexibility index (Phi) is 6.62. The summed E-state index contributed by atoms with van der Waals surface area (Å²) in [5.41, 5.74) is 5.88. The first-order chi connectivity index (χ1) is 13.2. The van der Waals surface area contributed by atoms with E-state index in [2.05, 4.69) is 16.2 Å². The normalized spacial score (nSPS) is 11.6. The number of nitro benzene ring substituents is 1. The van der Waals surface area contributed by atoms with Crippen molar-refractivity contribution < 1.29 is 14.5 Å². The van der Waals surface area contributed by atoms with Gasteiger partial charge in [-0.2, -0.15) is 0 Å². The Hall–Kier alpha value is -3.52. The van der Waals surface area contributed by atoms with Crippen LogP contribution in [0.1, 0.15) is 36.7 Å². The Balaban J connectivity index is 2.27. The van der Waals surface area contributed by atoms with Gasteiger partial charge < -0.3 is 5.32 Å². The molecular formula is C20H22N4O4. The van der Waals surface area contributed by atoms with Crippen molar-refractivity contribution >= 4 is 23.6 Å². The van der Waals surface area contributed by atoms with Crippen molar-refractivity contribution in [3.8, 4) is 0 Å². The maximum atomic E-state index is 12.6. The smallest absolute Gasteiger partial charge is 0.281 e. The molecular weight excluding hydrogens is 360 g/mol. The van der Waals surface area contributed by atoms with Gasteiger partial charge in [-0.05, 0) is 56.7 Å². The summed E-state index contributed by atoms with van der Waals surface area (Å²) in [6, 6.07) is 14.1. The van der Waals surface area contributed by atoms with E-state index in [1.807, 2.05) is 20.8 Å². The first-order valence-electron chi connectivity index (χ1n) is 8.56. The highest BCUT2D eigenvalue weighted by molar-refractivity contribution is 6.05. The number of carbonyl (C=O) groups excluding carboxylic acids is 2. The van der Waals surface area contributed by atoms with Crippen molar-refractivity contribution in [3.05, 3.63) is 81.5 Å². The van der Waals surface area contributed by atoms with Gasteiger partial charge in [-0.15, -0.1) is 0 Å². The molecule has 0 saturated carbocycles. The van der Waals surface area contributed by atoms with Gasteiger partial charge >= 0.3 is 0 Å². The van der Waals surface area contributed by atoms with E-state index >= 15 is 0 Å². The van der Waals surface area contributed by atoms with Crippen LogP contribution in [-0.2, 0) is 4.79 Å². The molecule has 8 heteroatoms. The second kappa shape index (κ2) is 8.92. The molecule has 0 aliphatic carbocycles. The molecule has 3 N–H and O–H groups in total. The van der Waals surface area contributed by atoms with Crippen molar-refractivity contribution in [3.63, 3.8) is 0 Å². The van der Waals surface area contributed by atoms with Gasteiger partial charge in [0.05, 0.1) is 4.92 Å². The number of nitrogens with zero attached hydrogens (tertiary/aromatic N) is 1. The number of hydrazine groups is 1. The van der Waals surface area contributed by atoms with Crippen LogP contribution in [-0.4, -0.2) is 22.3 Å². The first kappa shape index (κ1) is 20.8. The molecule has 0 heterocycles. The molecule has 0 bridgehead atoms. The van der Waals surface area contributed by atoms with Crippen molar-refractivity contribution in [2.45, 2.75) is 26.3 Å². The average molecular weight is 382 g/mol. The van der Waals surface area contributed by atoms with Crippen molar-refractivity contribution in [1.82, 2.24) is 16.2 Å². The zero-order chi connectivity index (χ0) is 20.7. The Morgan fingerprint density at radius 2 is 1.61 bits per heavy atom. The van der Waals surface area contributed by atoms with Gasteiger partial charge in [0.25, 0.3) is 17.5 Å². The molecule has 0 unspecified atom stereocenters. The molecule has 0 aliphatic rings. The van der Waals surface area contributed by atoms with Crippen molar-refractivity contribution in [2.24, 2.45) is 0 Å². The van der Waals surface area contributed by atoms with Gasteiger partial charge in [0, 0.05) is 23.2 Å². The number of carbonyl (C=O) groups is 2. The maximum absolute atomic E-state index is 12.6. The number of hydrogen-bond donors (Lipinski definition) is 3. The molecule has 0 aliphatic heterocycles. The minimum Gasteiger partial charge on any atom is -0.317 e. The fourth-order valence-corrected chi connectivity index (χ4v) is 2.11. The Morgan fingerprint density at radius 3 is 2.14 bits per heavy atom. The lowest BCUT2D eigenvalue weighted by atomic mass is 10.1. The molecule has 2 amide bonds. The van der Waals surface area contributed by atoms with Crippen LogP contribution in [0.2, 0.25) is 0 Å². The average Bonchev–Trinajstić information content (AvgIpc) is 2.66. The zero-order valence-electron chi connectivity index (χ0n) is 15.9. The number of non-ortho nitro benzene ring substituents is 1. The number of benzene rings is 2. The van der Waals surface area contributed by atoms with E-state index in [0.29, 0.717) is 11.1 Å². The predicted octanol–water partition coefficient (Wildman–Crippen LogP) is 2.79. The third kappa shape index (κ3) is 6.33. The maximum Gasteiger partial charge on any atom is 0.281 e. The third-order valence-corrected chi connectivity index (χ3v) is 3.49. The van der Waals surface area contributed by atoms with E-state index in [0.717, 1.165) is 0 Å². The molecule has 28 heavy (non-hydrogen) atoms. The van der Waals surface area contributed by atoms with E-state index < -0.39 is 16.7 Å². The van der Waals surface area contributed by atoms with Crippen LogP contribution < -0.4 is 16.2 Å². The highest BCUT2D eigenvalue weighted by Gasteiger charge is 2.17. The number of amides is 2. The van der Waals surface area contributed by atoms with Gasteiger partial charge in [0.15, 0.2) is 0 Å². The Morgan fingerprint density at radius 1 is 1.00 bits per heavy atom. The highest BCUT2D eigenvalue weighted by Crippen LogP contribution is 2.14. The number of hydrogen-bond acceptors (Lipinski definition) is 5. The molecule has 0 saturated heterocycles. The van der Waals surface area contributed by atoms with E-state index in [1.54, 1.807) is 30.3 Å². The van der Waals surface area contributed by atoms with Crippen molar-refractivity contribution in [2.75, 3.05) is 0 Å². The fourth-order valence-electron chi connectivity index (χ4n) is 2.11. The van der Waals surface area contributed by atoms with Gasteiger partial charge in [0.2, 0.25) is 0 Å². The van der Waals surface area contributed by atoms with Gasteiger partial charge in [0.1, 0.15) is 5.70 Å². The van der Waals surface area contributed by atoms with Crippen LogP contribution in [0.25, 0.3) is 6.08 Å². The lowest BCUT2D eigenvalue weighted by Crippen LogP contribution is -2.50. The molecule has 0 spiro atoms. The van der Waals surface area contributed by atoms with Crippen LogP contribution in [0.15, 0.2) is 60.3 Å². The van der Waals surface area contributed by atoms with Crippen LogP contribution >= 0.6 is 0 Å². The summed E-state index contributed by atoms with van der Waals surface area (Å²) in [4.78, 5) is 35.3. The second-order valence-electron chi connectivity index (χ2n) is 7.06. The minimum atomic E-state index is -0.544. The molecule has 0 radical (unpaired) electrons. The first-order valence-corrected chi connectivity index (χ1v) is 8.56. The van der Waals surface area contributed by atoms with Gasteiger partial charge in [-0.3, -0.25) is 25.1 Å². The molecule has 0 aromatic heterocycles. The van der Waals surface area contributed by atoms with Gasteiger partial charge in [-0.25, -0.2) is 5.43 Å². The largest absolute Gasteiger partial charge is 0.317 e. The summed E-state index contributed by atoms with van der Waals surface area (Å²) >= 11 is 0. The van der Waals surface area contributed by atoms with E-state index in [4.69, 9.17) is 0 Å². The lowest BCUT2D eigenvalue weighted by Gasteiger charge is -2.21.